The zero-order valence-electron chi connectivity index (χ0n) is 9.76. The lowest BCUT2D eigenvalue weighted by Gasteiger charge is -2.08. The summed E-state index contributed by atoms with van der Waals surface area (Å²) in [6.07, 6.45) is 3.70. The van der Waals surface area contributed by atoms with Gasteiger partial charge in [-0.2, -0.15) is 0 Å². The quantitative estimate of drug-likeness (QED) is 0.800. The molecule has 0 aliphatic carbocycles. The molecule has 0 spiro atoms. The number of carbonyl (C=O) groups is 1. The molecule has 1 aromatic rings. The molecule has 17 heavy (non-hydrogen) atoms. The molecule has 1 aromatic carbocycles. The fourth-order valence-corrected chi connectivity index (χ4v) is 1.62. The molecule has 4 nitrogen and oxygen atoms in total. The second kappa shape index (κ2) is 5.39. The van der Waals surface area contributed by atoms with Crippen LogP contribution in [0, 0.1) is 0 Å². The molecular formula is C13H15NO3. The molecule has 1 fully saturated rings. The SMILES string of the molecule is COc1ccc(/C=C/CN2CCOC2=O)cc1. The first-order valence-electron chi connectivity index (χ1n) is 5.52. The van der Waals surface area contributed by atoms with E-state index in [2.05, 4.69) is 0 Å². The number of nitrogens with zero attached hydrogens (tertiary/aromatic N) is 1. The predicted octanol–water partition coefficient (Wildman–Crippen LogP) is 2.16. The number of methoxy groups -OCH3 is 1. The predicted molar refractivity (Wildman–Crippen MR) is 64.9 cm³/mol. The largest absolute Gasteiger partial charge is 0.497 e. The first kappa shape index (κ1) is 11.5. The first-order valence-corrected chi connectivity index (χ1v) is 5.52. The summed E-state index contributed by atoms with van der Waals surface area (Å²) in [7, 11) is 1.64. The molecule has 1 aliphatic rings. The fraction of sp³-hybridized carbons (Fsp3) is 0.308. The monoisotopic (exact) mass is 233 g/mol. The van der Waals surface area contributed by atoms with Gasteiger partial charge in [-0.15, -0.1) is 0 Å². The van der Waals surface area contributed by atoms with Crippen LogP contribution < -0.4 is 4.74 Å². The van der Waals surface area contributed by atoms with E-state index in [0.29, 0.717) is 19.7 Å². The summed E-state index contributed by atoms with van der Waals surface area (Å²) in [4.78, 5) is 12.8. The van der Waals surface area contributed by atoms with E-state index in [1.807, 2.05) is 36.4 Å². The number of benzene rings is 1. The maximum absolute atomic E-state index is 11.2. The van der Waals surface area contributed by atoms with Crippen molar-refractivity contribution in [1.29, 1.82) is 0 Å². The van der Waals surface area contributed by atoms with Crippen LogP contribution in [0.3, 0.4) is 0 Å². The number of hydrogen-bond donors (Lipinski definition) is 0. The Morgan fingerprint density at radius 2 is 2.18 bits per heavy atom. The Balaban J connectivity index is 1.89. The maximum Gasteiger partial charge on any atom is 0.410 e. The van der Waals surface area contributed by atoms with Gasteiger partial charge in [0.15, 0.2) is 0 Å². The molecule has 0 saturated carbocycles. The zero-order chi connectivity index (χ0) is 12.1. The summed E-state index contributed by atoms with van der Waals surface area (Å²) >= 11 is 0. The summed E-state index contributed by atoms with van der Waals surface area (Å²) in [5.41, 5.74) is 1.08. The van der Waals surface area contributed by atoms with Gasteiger partial charge in [0.1, 0.15) is 12.4 Å². The van der Waals surface area contributed by atoms with Gasteiger partial charge in [-0.1, -0.05) is 24.3 Å². The second-order valence-corrected chi connectivity index (χ2v) is 3.74. The van der Waals surface area contributed by atoms with Gasteiger partial charge in [-0.3, -0.25) is 0 Å². The van der Waals surface area contributed by atoms with Crippen LogP contribution >= 0.6 is 0 Å². The lowest BCUT2D eigenvalue weighted by molar-refractivity contribution is 0.161. The summed E-state index contributed by atoms with van der Waals surface area (Å²) in [6.45, 7) is 1.76. The Bertz CT molecular complexity index is 411. The molecule has 0 unspecified atom stereocenters. The number of cyclic esters (lactones) is 1. The number of rotatable bonds is 4. The standard InChI is InChI=1S/C13H15NO3/c1-16-12-6-4-11(5-7-12)3-2-8-14-9-10-17-13(14)15/h2-7H,8-10H2,1H3/b3-2+. The third-order valence-electron chi connectivity index (χ3n) is 2.60. The fourth-order valence-electron chi connectivity index (χ4n) is 1.62. The normalized spacial score (nSPS) is 15.4. The highest BCUT2D eigenvalue weighted by Gasteiger charge is 2.19. The zero-order valence-corrected chi connectivity index (χ0v) is 9.76. The van der Waals surface area contributed by atoms with E-state index >= 15 is 0 Å². The highest BCUT2D eigenvalue weighted by Crippen LogP contribution is 2.12. The van der Waals surface area contributed by atoms with E-state index in [1.165, 1.54) is 0 Å². The molecule has 4 heteroatoms. The molecule has 0 atom stereocenters. The van der Waals surface area contributed by atoms with Crippen LogP contribution in [0.5, 0.6) is 5.75 Å². The topological polar surface area (TPSA) is 38.8 Å². The van der Waals surface area contributed by atoms with E-state index in [9.17, 15) is 4.79 Å². The van der Waals surface area contributed by atoms with Crippen molar-refractivity contribution in [3.63, 3.8) is 0 Å². The summed E-state index contributed by atoms with van der Waals surface area (Å²) < 4.78 is 9.91. The molecule has 0 radical (unpaired) electrons. The molecule has 1 amide bonds. The lowest BCUT2D eigenvalue weighted by atomic mass is 10.2. The Labute approximate surface area is 100 Å². The number of hydrogen-bond acceptors (Lipinski definition) is 3. The van der Waals surface area contributed by atoms with Crippen molar-refractivity contribution in [3.05, 3.63) is 35.9 Å². The van der Waals surface area contributed by atoms with Crippen LogP contribution in [0.15, 0.2) is 30.3 Å². The maximum atomic E-state index is 11.2. The Morgan fingerprint density at radius 1 is 1.41 bits per heavy atom. The van der Waals surface area contributed by atoms with Gasteiger partial charge in [0, 0.05) is 6.54 Å². The van der Waals surface area contributed by atoms with Gasteiger partial charge in [-0.05, 0) is 17.7 Å². The molecule has 0 bridgehead atoms. The Hall–Kier alpha value is -1.97. The van der Waals surface area contributed by atoms with E-state index < -0.39 is 0 Å². The summed E-state index contributed by atoms with van der Waals surface area (Å²) in [5.74, 6) is 0.838. The van der Waals surface area contributed by atoms with Crippen molar-refractivity contribution in [1.82, 2.24) is 4.90 Å². The second-order valence-electron chi connectivity index (χ2n) is 3.74. The third kappa shape index (κ3) is 3.00. The first-order chi connectivity index (χ1) is 8.29. The van der Waals surface area contributed by atoms with Gasteiger partial charge in [0.2, 0.25) is 0 Å². The molecule has 1 aliphatic heterocycles. The Kier molecular flexibility index (Phi) is 3.65. The molecule has 1 heterocycles. The van der Waals surface area contributed by atoms with Gasteiger partial charge in [0.25, 0.3) is 0 Å². The number of ether oxygens (including phenoxy) is 2. The Morgan fingerprint density at radius 3 is 2.76 bits per heavy atom. The van der Waals surface area contributed by atoms with Crippen LogP contribution in [-0.4, -0.2) is 37.8 Å². The smallest absolute Gasteiger partial charge is 0.410 e. The van der Waals surface area contributed by atoms with E-state index in [4.69, 9.17) is 9.47 Å². The van der Waals surface area contributed by atoms with E-state index in [1.54, 1.807) is 12.0 Å². The summed E-state index contributed by atoms with van der Waals surface area (Å²) in [6, 6.07) is 7.75. The molecule has 90 valence electrons. The van der Waals surface area contributed by atoms with Gasteiger partial charge in [-0.25, -0.2) is 4.79 Å². The number of carbonyl (C=O) groups excluding carboxylic acids is 1. The van der Waals surface area contributed by atoms with Gasteiger partial charge >= 0.3 is 6.09 Å². The highest BCUT2D eigenvalue weighted by atomic mass is 16.6. The van der Waals surface area contributed by atoms with Crippen LogP contribution in [0.2, 0.25) is 0 Å². The van der Waals surface area contributed by atoms with Crippen molar-refractivity contribution in [2.24, 2.45) is 0 Å². The van der Waals surface area contributed by atoms with Crippen molar-refractivity contribution in [2.45, 2.75) is 0 Å². The van der Waals surface area contributed by atoms with Crippen molar-refractivity contribution < 1.29 is 14.3 Å². The lowest BCUT2D eigenvalue weighted by Crippen LogP contribution is -2.23. The van der Waals surface area contributed by atoms with Gasteiger partial charge in [0.05, 0.1) is 13.7 Å². The molecule has 0 aromatic heterocycles. The van der Waals surface area contributed by atoms with Crippen molar-refractivity contribution in [3.8, 4) is 5.75 Å². The van der Waals surface area contributed by atoms with Crippen LogP contribution in [-0.2, 0) is 4.74 Å². The van der Waals surface area contributed by atoms with Crippen LogP contribution in [0.25, 0.3) is 6.08 Å². The van der Waals surface area contributed by atoms with Crippen molar-refractivity contribution in [2.75, 3.05) is 26.8 Å². The van der Waals surface area contributed by atoms with Gasteiger partial charge < -0.3 is 14.4 Å². The minimum Gasteiger partial charge on any atom is -0.497 e. The average Bonchev–Trinajstić information content (AvgIpc) is 2.76. The third-order valence-corrected chi connectivity index (χ3v) is 2.60. The molecule has 1 saturated heterocycles. The van der Waals surface area contributed by atoms with Crippen molar-refractivity contribution >= 4 is 12.2 Å². The molecule has 2 rings (SSSR count). The van der Waals surface area contributed by atoms with Crippen LogP contribution in [0.4, 0.5) is 4.79 Å². The molecular weight excluding hydrogens is 218 g/mol. The number of amides is 1. The van der Waals surface area contributed by atoms with E-state index in [-0.39, 0.29) is 6.09 Å². The average molecular weight is 233 g/mol. The summed E-state index contributed by atoms with van der Waals surface area (Å²) in [5, 5.41) is 0. The van der Waals surface area contributed by atoms with Crippen LogP contribution in [0.1, 0.15) is 5.56 Å². The van der Waals surface area contributed by atoms with E-state index in [0.717, 1.165) is 11.3 Å². The molecule has 0 N–H and O–H groups in total. The minimum absolute atomic E-state index is 0.232. The highest BCUT2D eigenvalue weighted by molar-refractivity contribution is 5.69. The minimum atomic E-state index is -0.232.